The van der Waals surface area contributed by atoms with Gasteiger partial charge in [-0.05, 0) is 0 Å². The molecule has 0 aliphatic rings. The van der Waals surface area contributed by atoms with Crippen molar-refractivity contribution in [1.29, 1.82) is 0 Å². The van der Waals surface area contributed by atoms with Crippen LogP contribution in [0.1, 0.15) is 12.8 Å². The van der Waals surface area contributed by atoms with Gasteiger partial charge in [-0.3, -0.25) is 0 Å². The lowest BCUT2D eigenvalue weighted by atomic mass is 10.3. The summed E-state index contributed by atoms with van der Waals surface area (Å²) >= 11 is 0. The number of hydrogen-bond donors (Lipinski definition) is 0. The van der Waals surface area contributed by atoms with E-state index in [1.807, 2.05) is 24.3 Å². The van der Waals surface area contributed by atoms with Crippen molar-refractivity contribution < 1.29 is 18.9 Å². The van der Waals surface area contributed by atoms with E-state index in [-0.39, 0.29) is 12.6 Å². The summed E-state index contributed by atoms with van der Waals surface area (Å²) in [5.41, 5.74) is 0. The summed E-state index contributed by atoms with van der Waals surface area (Å²) in [4.78, 5) is 0. The third-order valence-electron chi connectivity index (χ3n) is 2.09. The van der Waals surface area contributed by atoms with E-state index in [4.69, 9.17) is 18.9 Å². The lowest BCUT2D eigenvalue weighted by molar-refractivity contribution is -0.0989. The third kappa shape index (κ3) is 7.59. The fraction of sp³-hybridized carbons (Fsp3) is 0.667. The zero-order valence-corrected chi connectivity index (χ0v) is 10.5. The molecule has 4 nitrogen and oxygen atoms in total. The van der Waals surface area contributed by atoms with Gasteiger partial charge in [0.25, 0.3) is 0 Å². The molecule has 0 saturated heterocycles. The standard InChI is InChI=1S/C12H22O4/c1-13-11(14-2)9-7-5-6-8-10-12(15-3)16-4/h5-8,11-12H,9-10H2,1-4H3. The Morgan fingerprint density at radius 3 is 1.25 bits per heavy atom. The second-order valence-electron chi connectivity index (χ2n) is 3.13. The Hall–Kier alpha value is -0.680. The van der Waals surface area contributed by atoms with Gasteiger partial charge in [0.05, 0.1) is 0 Å². The largest absolute Gasteiger partial charge is 0.356 e. The van der Waals surface area contributed by atoms with Gasteiger partial charge in [-0.15, -0.1) is 0 Å². The number of methoxy groups -OCH3 is 4. The predicted octanol–water partition coefficient (Wildman–Crippen LogP) is 2.12. The van der Waals surface area contributed by atoms with Gasteiger partial charge < -0.3 is 18.9 Å². The monoisotopic (exact) mass is 230 g/mol. The molecule has 0 aliphatic heterocycles. The van der Waals surface area contributed by atoms with Crippen LogP contribution in [0.2, 0.25) is 0 Å². The second-order valence-corrected chi connectivity index (χ2v) is 3.13. The van der Waals surface area contributed by atoms with Gasteiger partial charge in [-0.2, -0.15) is 0 Å². The molecule has 0 bridgehead atoms. The van der Waals surface area contributed by atoms with Gasteiger partial charge in [-0.1, -0.05) is 24.3 Å². The summed E-state index contributed by atoms with van der Waals surface area (Å²) in [6, 6.07) is 0. The normalized spacial score (nSPS) is 12.6. The van der Waals surface area contributed by atoms with E-state index in [2.05, 4.69) is 0 Å². The first kappa shape index (κ1) is 15.3. The van der Waals surface area contributed by atoms with Gasteiger partial charge >= 0.3 is 0 Å². The van der Waals surface area contributed by atoms with Crippen molar-refractivity contribution in [1.82, 2.24) is 0 Å². The summed E-state index contributed by atoms with van der Waals surface area (Å²) in [6.45, 7) is 0. The highest BCUT2D eigenvalue weighted by Gasteiger charge is 2.00. The number of hydrogen-bond acceptors (Lipinski definition) is 4. The molecule has 94 valence electrons. The average molecular weight is 230 g/mol. The first-order valence-corrected chi connectivity index (χ1v) is 5.21. The van der Waals surface area contributed by atoms with Crippen molar-refractivity contribution >= 4 is 0 Å². The minimum atomic E-state index is -0.171. The molecule has 0 atom stereocenters. The van der Waals surface area contributed by atoms with Gasteiger partial charge in [0, 0.05) is 41.3 Å². The molecule has 0 rings (SSSR count). The molecule has 0 heterocycles. The van der Waals surface area contributed by atoms with Gasteiger partial charge in [0.1, 0.15) is 0 Å². The van der Waals surface area contributed by atoms with Crippen LogP contribution in [0.3, 0.4) is 0 Å². The Balaban J connectivity index is 3.69. The minimum absolute atomic E-state index is 0.171. The summed E-state index contributed by atoms with van der Waals surface area (Å²) in [5.74, 6) is 0. The highest BCUT2D eigenvalue weighted by atomic mass is 16.7. The molecule has 0 amide bonds. The molecule has 0 unspecified atom stereocenters. The predicted molar refractivity (Wildman–Crippen MR) is 63.1 cm³/mol. The van der Waals surface area contributed by atoms with Crippen molar-refractivity contribution in [3.05, 3.63) is 24.3 Å². The number of allylic oxidation sites excluding steroid dienone is 2. The molecule has 0 aliphatic carbocycles. The second kappa shape index (κ2) is 10.8. The van der Waals surface area contributed by atoms with Crippen LogP contribution in [0.25, 0.3) is 0 Å². The van der Waals surface area contributed by atoms with Crippen LogP contribution >= 0.6 is 0 Å². The first-order valence-electron chi connectivity index (χ1n) is 5.21. The highest BCUT2D eigenvalue weighted by Crippen LogP contribution is 2.01. The SMILES string of the molecule is COC(CC=CC=CCC(OC)OC)OC. The molecule has 0 aromatic heterocycles. The minimum Gasteiger partial charge on any atom is -0.356 e. The van der Waals surface area contributed by atoms with Crippen molar-refractivity contribution in [2.45, 2.75) is 25.4 Å². The molecule has 0 saturated carbocycles. The fourth-order valence-corrected chi connectivity index (χ4v) is 1.11. The molecule has 0 aromatic carbocycles. The molecular weight excluding hydrogens is 208 g/mol. The Kier molecular flexibility index (Phi) is 10.4. The molecule has 16 heavy (non-hydrogen) atoms. The van der Waals surface area contributed by atoms with Gasteiger partial charge in [-0.25, -0.2) is 0 Å². The summed E-state index contributed by atoms with van der Waals surface area (Å²) in [7, 11) is 6.50. The van der Waals surface area contributed by atoms with Crippen molar-refractivity contribution in [2.75, 3.05) is 28.4 Å². The number of ether oxygens (including phenoxy) is 4. The topological polar surface area (TPSA) is 36.9 Å². The van der Waals surface area contributed by atoms with Crippen molar-refractivity contribution in [3.63, 3.8) is 0 Å². The molecule has 0 radical (unpaired) electrons. The maximum atomic E-state index is 5.04. The molecule has 0 N–H and O–H groups in total. The Morgan fingerprint density at radius 2 is 1.00 bits per heavy atom. The first-order chi connectivity index (χ1) is 7.78. The Morgan fingerprint density at radius 1 is 0.688 bits per heavy atom. The Labute approximate surface area is 97.8 Å². The van der Waals surface area contributed by atoms with Crippen LogP contribution in [0.5, 0.6) is 0 Å². The van der Waals surface area contributed by atoms with Gasteiger partial charge in [0.2, 0.25) is 0 Å². The zero-order valence-electron chi connectivity index (χ0n) is 10.5. The molecule has 0 spiro atoms. The van der Waals surface area contributed by atoms with Crippen LogP contribution in [0.4, 0.5) is 0 Å². The Bertz CT molecular complexity index is 171. The maximum absolute atomic E-state index is 5.04. The van der Waals surface area contributed by atoms with E-state index < -0.39 is 0 Å². The molecule has 0 fully saturated rings. The van der Waals surface area contributed by atoms with Crippen LogP contribution in [0.15, 0.2) is 24.3 Å². The van der Waals surface area contributed by atoms with E-state index in [0.29, 0.717) is 0 Å². The average Bonchev–Trinajstić information content (AvgIpc) is 2.33. The van der Waals surface area contributed by atoms with Gasteiger partial charge in [0.15, 0.2) is 12.6 Å². The summed E-state index contributed by atoms with van der Waals surface area (Å²) in [6.07, 6.45) is 9.00. The van der Waals surface area contributed by atoms with Crippen LogP contribution in [-0.4, -0.2) is 41.0 Å². The third-order valence-corrected chi connectivity index (χ3v) is 2.09. The summed E-state index contributed by atoms with van der Waals surface area (Å²) < 4.78 is 20.2. The lowest BCUT2D eigenvalue weighted by Gasteiger charge is -2.10. The molecule has 0 aromatic rings. The smallest absolute Gasteiger partial charge is 0.160 e. The van der Waals surface area contributed by atoms with Crippen LogP contribution in [-0.2, 0) is 18.9 Å². The van der Waals surface area contributed by atoms with E-state index in [1.165, 1.54) is 0 Å². The van der Waals surface area contributed by atoms with E-state index in [1.54, 1.807) is 28.4 Å². The molecular formula is C12H22O4. The lowest BCUT2D eigenvalue weighted by Crippen LogP contribution is -2.11. The molecule has 4 heteroatoms. The van der Waals surface area contributed by atoms with E-state index in [0.717, 1.165) is 12.8 Å². The highest BCUT2D eigenvalue weighted by molar-refractivity contribution is 5.02. The van der Waals surface area contributed by atoms with Crippen LogP contribution < -0.4 is 0 Å². The number of rotatable bonds is 9. The van der Waals surface area contributed by atoms with Crippen molar-refractivity contribution in [2.24, 2.45) is 0 Å². The maximum Gasteiger partial charge on any atom is 0.160 e. The van der Waals surface area contributed by atoms with E-state index in [9.17, 15) is 0 Å². The van der Waals surface area contributed by atoms with Crippen LogP contribution in [0, 0.1) is 0 Å². The van der Waals surface area contributed by atoms with Crippen molar-refractivity contribution in [3.8, 4) is 0 Å². The quantitative estimate of drug-likeness (QED) is 0.449. The zero-order chi connectivity index (χ0) is 12.2. The van der Waals surface area contributed by atoms with E-state index >= 15 is 0 Å². The fourth-order valence-electron chi connectivity index (χ4n) is 1.11. The summed E-state index contributed by atoms with van der Waals surface area (Å²) in [5, 5.41) is 0.